The summed E-state index contributed by atoms with van der Waals surface area (Å²) in [4.78, 5) is 0. The first kappa shape index (κ1) is 13.4. The Morgan fingerprint density at radius 1 is 1.50 bits per heavy atom. The molecule has 0 saturated carbocycles. The van der Waals surface area contributed by atoms with E-state index >= 15 is 0 Å². The molecule has 0 radical (unpaired) electrons. The van der Waals surface area contributed by atoms with Crippen LogP contribution in [-0.2, 0) is 4.74 Å². The summed E-state index contributed by atoms with van der Waals surface area (Å²) >= 11 is 0. The van der Waals surface area contributed by atoms with E-state index in [1.54, 1.807) is 7.05 Å². The molecule has 2 N–H and O–H groups in total. The molecule has 1 fully saturated rings. The average Bonchev–Trinajstić information content (AvgIpc) is 2.38. The van der Waals surface area contributed by atoms with Crippen LogP contribution in [0.25, 0.3) is 0 Å². The lowest BCUT2D eigenvalue weighted by atomic mass is 9.98. The maximum Gasteiger partial charge on any atom is 0.130 e. The fourth-order valence-corrected chi connectivity index (χ4v) is 2.24. The number of hydrogen-bond acceptors (Lipinski definition) is 3. The van der Waals surface area contributed by atoms with E-state index in [0.29, 0.717) is 25.2 Å². The van der Waals surface area contributed by atoms with Crippen LogP contribution in [0.1, 0.15) is 18.0 Å². The van der Waals surface area contributed by atoms with Crippen LogP contribution in [-0.4, -0.2) is 32.8 Å². The summed E-state index contributed by atoms with van der Waals surface area (Å²) in [5.74, 6) is -1.06. The van der Waals surface area contributed by atoms with Crippen molar-refractivity contribution in [2.75, 3.05) is 26.8 Å². The minimum atomic E-state index is -0.551. The summed E-state index contributed by atoms with van der Waals surface area (Å²) in [6, 6.07) is 3.75. The van der Waals surface area contributed by atoms with Crippen LogP contribution in [0.4, 0.5) is 8.78 Å². The zero-order chi connectivity index (χ0) is 13.0. The van der Waals surface area contributed by atoms with Gasteiger partial charge in [0.25, 0.3) is 0 Å². The van der Waals surface area contributed by atoms with Gasteiger partial charge in [0, 0.05) is 30.3 Å². The number of morpholine rings is 1. The number of rotatable bonds is 4. The first-order valence-electron chi connectivity index (χ1n) is 6.14. The zero-order valence-corrected chi connectivity index (χ0v) is 10.4. The Morgan fingerprint density at radius 2 is 2.33 bits per heavy atom. The summed E-state index contributed by atoms with van der Waals surface area (Å²) in [6.07, 6.45) is 0.707. The lowest BCUT2D eigenvalue weighted by Crippen LogP contribution is -2.43. The van der Waals surface area contributed by atoms with Crippen LogP contribution < -0.4 is 10.6 Å². The minimum Gasteiger partial charge on any atom is -0.379 e. The molecular formula is C13H18F2N2O. The van der Waals surface area contributed by atoms with Gasteiger partial charge >= 0.3 is 0 Å². The molecule has 0 aromatic heterocycles. The molecule has 2 atom stereocenters. The molecule has 1 aliphatic rings. The highest BCUT2D eigenvalue weighted by Crippen LogP contribution is 2.22. The standard InChI is InChI=1S/C13H18F2N2O/c1-16-13(7-10-8-18-5-4-17-10)11-3-2-9(14)6-12(11)15/h2-3,6,10,13,16-17H,4-5,7-8H2,1H3. The molecule has 100 valence electrons. The average molecular weight is 256 g/mol. The molecule has 2 unspecified atom stereocenters. The van der Waals surface area contributed by atoms with Crippen molar-refractivity contribution in [2.24, 2.45) is 0 Å². The number of nitrogens with one attached hydrogen (secondary N) is 2. The number of hydrogen-bond donors (Lipinski definition) is 2. The van der Waals surface area contributed by atoms with Gasteiger partial charge < -0.3 is 15.4 Å². The van der Waals surface area contributed by atoms with Crippen LogP contribution in [0, 0.1) is 11.6 Å². The van der Waals surface area contributed by atoms with Crippen LogP contribution >= 0.6 is 0 Å². The Balaban J connectivity index is 2.07. The Labute approximate surface area is 106 Å². The van der Waals surface area contributed by atoms with Crippen molar-refractivity contribution < 1.29 is 13.5 Å². The van der Waals surface area contributed by atoms with Gasteiger partial charge in [0.05, 0.1) is 13.2 Å². The molecule has 0 spiro atoms. The second-order valence-electron chi connectivity index (χ2n) is 4.47. The van der Waals surface area contributed by atoms with Gasteiger partial charge in [0.15, 0.2) is 0 Å². The fraction of sp³-hybridized carbons (Fsp3) is 0.538. The maximum absolute atomic E-state index is 13.7. The Hall–Kier alpha value is -1.04. The van der Waals surface area contributed by atoms with Gasteiger partial charge in [0.2, 0.25) is 0 Å². The van der Waals surface area contributed by atoms with Gasteiger partial charge in [-0.15, -0.1) is 0 Å². The van der Waals surface area contributed by atoms with E-state index in [0.717, 1.165) is 12.6 Å². The summed E-state index contributed by atoms with van der Waals surface area (Å²) in [6.45, 7) is 2.15. The molecule has 3 nitrogen and oxygen atoms in total. The molecule has 0 aliphatic carbocycles. The van der Waals surface area contributed by atoms with E-state index in [2.05, 4.69) is 10.6 Å². The van der Waals surface area contributed by atoms with Gasteiger partial charge in [-0.2, -0.15) is 0 Å². The summed E-state index contributed by atoms with van der Waals surface area (Å²) in [5, 5.41) is 6.39. The molecule has 1 aromatic carbocycles. The van der Waals surface area contributed by atoms with Gasteiger partial charge in [-0.3, -0.25) is 0 Å². The van der Waals surface area contributed by atoms with Crippen LogP contribution in [0.2, 0.25) is 0 Å². The lowest BCUT2D eigenvalue weighted by molar-refractivity contribution is 0.0707. The Bertz CT molecular complexity index is 395. The van der Waals surface area contributed by atoms with Crippen molar-refractivity contribution in [1.29, 1.82) is 0 Å². The molecule has 0 bridgehead atoms. The normalized spacial score (nSPS) is 21.8. The third kappa shape index (κ3) is 3.25. The molecule has 1 aliphatic heterocycles. The Morgan fingerprint density at radius 3 is 2.94 bits per heavy atom. The molecular weight excluding hydrogens is 238 g/mol. The van der Waals surface area contributed by atoms with E-state index in [1.165, 1.54) is 12.1 Å². The van der Waals surface area contributed by atoms with Gasteiger partial charge in [-0.1, -0.05) is 6.07 Å². The molecule has 1 saturated heterocycles. The van der Waals surface area contributed by atoms with Crippen molar-refractivity contribution in [3.63, 3.8) is 0 Å². The van der Waals surface area contributed by atoms with Crippen LogP contribution in [0.3, 0.4) is 0 Å². The monoisotopic (exact) mass is 256 g/mol. The highest BCUT2D eigenvalue weighted by Gasteiger charge is 2.21. The molecule has 5 heteroatoms. The van der Waals surface area contributed by atoms with E-state index < -0.39 is 11.6 Å². The predicted molar refractivity (Wildman–Crippen MR) is 65.4 cm³/mol. The van der Waals surface area contributed by atoms with Crippen molar-refractivity contribution in [1.82, 2.24) is 10.6 Å². The van der Waals surface area contributed by atoms with Crippen molar-refractivity contribution in [3.05, 3.63) is 35.4 Å². The van der Waals surface area contributed by atoms with E-state index in [9.17, 15) is 8.78 Å². The van der Waals surface area contributed by atoms with E-state index in [4.69, 9.17) is 4.74 Å². The Kier molecular flexibility index (Phi) is 4.63. The van der Waals surface area contributed by atoms with Crippen molar-refractivity contribution >= 4 is 0 Å². The first-order valence-corrected chi connectivity index (χ1v) is 6.14. The fourth-order valence-electron chi connectivity index (χ4n) is 2.24. The quantitative estimate of drug-likeness (QED) is 0.858. The second kappa shape index (κ2) is 6.22. The highest BCUT2D eigenvalue weighted by atomic mass is 19.1. The SMILES string of the molecule is CNC(CC1COCCN1)c1ccc(F)cc1F. The summed E-state index contributed by atoms with van der Waals surface area (Å²) < 4.78 is 32.0. The number of halogens is 2. The van der Waals surface area contributed by atoms with Crippen LogP contribution in [0.15, 0.2) is 18.2 Å². The predicted octanol–water partition coefficient (Wildman–Crippen LogP) is 1.60. The minimum absolute atomic E-state index is 0.148. The van der Waals surface area contributed by atoms with E-state index in [1.807, 2.05) is 0 Å². The largest absolute Gasteiger partial charge is 0.379 e. The third-order valence-electron chi connectivity index (χ3n) is 3.21. The summed E-state index contributed by atoms with van der Waals surface area (Å²) in [7, 11) is 1.77. The third-order valence-corrected chi connectivity index (χ3v) is 3.21. The topological polar surface area (TPSA) is 33.3 Å². The first-order chi connectivity index (χ1) is 8.70. The van der Waals surface area contributed by atoms with Gasteiger partial charge in [-0.25, -0.2) is 8.78 Å². The maximum atomic E-state index is 13.7. The second-order valence-corrected chi connectivity index (χ2v) is 4.47. The molecule has 0 amide bonds. The number of ether oxygens (including phenoxy) is 1. The van der Waals surface area contributed by atoms with Crippen molar-refractivity contribution in [2.45, 2.75) is 18.5 Å². The zero-order valence-electron chi connectivity index (χ0n) is 10.4. The van der Waals surface area contributed by atoms with Gasteiger partial charge in [-0.05, 0) is 19.5 Å². The van der Waals surface area contributed by atoms with E-state index in [-0.39, 0.29) is 12.1 Å². The summed E-state index contributed by atoms with van der Waals surface area (Å²) in [5.41, 5.74) is 0.492. The number of benzene rings is 1. The molecule has 2 rings (SSSR count). The lowest BCUT2D eigenvalue weighted by Gasteiger charge is -2.28. The molecule has 1 heterocycles. The highest BCUT2D eigenvalue weighted by molar-refractivity contribution is 5.22. The van der Waals surface area contributed by atoms with Crippen LogP contribution in [0.5, 0.6) is 0 Å². The van der Waals surface area contributed by atoms with Gasteiger partial charge in [0.1, 0.15) is 11.6 Å². The van der Waals surface area contributed by atoms with Crippen molar-refractivity contribution in [3.8, 4) is 0 Å². The molecule has 1 aromatic rings. The smallest absolute Gasteiger partial charge is 0.130 e. The molecule has 18 heavy (non-hydrogen) atoms.